The van der Waals surface area contributed by atoms with Crippen LogP contribution in [0.15, 0.2) is 76.4 Å². The van der Waals surface area contributed by atoms with Crippen molar-refractivity contribution < 1.29 is 9.21 Å². The highest BCUT2D eigenvalue weighted by Crippen LogP contribution is 2.33. The van der Waals surface area contributed by atoms with Crippen LogP contribution in [0.25, 0.3) is 11.0 Å². The lowest BCUT2D eigenvalue weighted by Crippen LogP contribution is -2.30. The number of hydrogen-bond donors (Lipinski definition) is 0. The number of amides is 1. The molecule has 0 saturated carbocycles. The summed E-state index contributed by atoms with van der Waals surface area (Å²) in [4.78, 5) is 13.2. The molecule has 3 heterocycles. The summed E-state index contributed by atoms with van der Waals surface area (Å²) >= 11 is 0. The highest BCUT2D eigenvalue weighted by Gasteiger charge is 2.35. The molecule has 2 aromatic carbocycles. The fraction of sp³-hybridized carbons (Fsp3) is 0.182. The van der Waals surface area contributed by atoms with E-state index in [4.69, 9.17) is 4.42 Å². The normalized spacial score (nSPS) is 16.4. The molecular formula is C22H19N5O2. The van der Waals surface area contributed by atoms with Crippen molar-refractivity contribution >= 4 is 22.7 Å². The van der Waals surface area contributed by atoms with E-state index in [1.807, 2.05) is 67.6 Å². The Labute approximate surface area is 167 Å². The number of fused-ring (bicyclic) bond motifs is 1. The first-order chi connectivity index (χ1) is 14.2. The minimum absolute atomic E-state index is 0.0579. The topological polar surface area (TPSA) is 76.5 Å². The van der Waals surface area contributed by atoms with E-state index in [1.54, 1.807) is 10.9 Å². The van der Waals surface area contributed by atoms with Crippen LogP contribution in [0.5, 0.6) is 0 Å². The lowest BCUT2D eigenvalue weighted by molar-refractivity contribution is -0.134. The molecule has 4 aromatic rings. The van der Waals surface area contributed by atoms with Gasteiger partial charge in [-0.05, 0) is 36.8 Å². The molecule has 7 nitrogen and oxygen atoms in total. The maximum atomic E-state index is 13.2. The lowest BCUT2D eigenvalue weighted by Gasteiger charge is -2.19. The van der Waals surface area contributed by atoms with Gasteiger partial charge in [0.1, 0.15) is 23.9 Å². The fourth-order valence-corrected chi connectivity index (χ4v) is 3.60. The van der Waals surface area contributed by atoms with Crippen molar-refractivity contribution in [1.29, 1.82) is 0 Å². The molecule has 7 heteroatoms. The lowest BCUT2D eigenvalue weighted by atomic mass is 10.0. The summed E-state index contributed by atoms with van der Waals surface area (Å²) in [5, 5.41) is 14.4. The van der Waals surface area contributed by atoms with Crippen LogP contribution >= 0.6 is 0 Å². The highest BCUT2D eigenvalue weighted by molar-refractivity contribution is 6.03. The third-order valence-electron chi connectivity index (χ3n) is 5.13. The van der Waals surface area contributed by atoms with Crippen molar-refractivity contribution in [3.8, 4) is 0 Å². The Kier molecular flexibility index (Phi) is 4.20. The zero-order chi connectivity index (χ0) is 19.8. The number of aryl methyl sites for hydroxylation is 1. The number of hydrazone groups is 1. The number of aromatic nitrogens is 3. The number of nitrogens with zero attached hydrogens (tertiary/aromatic N) is 5. The maximum Gasteiger partial charge on any atom is 0.265 e. The molecule has 0 unspecified atom stereocenters. The molecule has 0 fully saturated rings. The van der Waals surface area contributed by atoms with E-state index in [2.05, 4.69) is 15.4 Å². The first-order valence-electron chi connectivity index (χ1n) is 9.47. The van der Waals surface area contributed by atoms with Crippen LogP contribution in [-0.4, -0.2) is 31.6 Å². The summed E-state index contributed by atoms with van der Waals surface area (Å²) in [6.07, 6.45) is 2.22. The summed E-state index contributed by atoms with van der Waals surface area (Å²) in [5.74, 6) is 0.553. The molecule has 1 atom stereocenters. The van der Waals surface area contributed by atoms with Gasteiger partial charge >= 0.3 is 0 Å². The van der Waals surface area contributed by atoms with Crippen LogP contribution in [0.1, 0.15) is 29.3 Å². The van der Waals surface area contributed by atoms with E-state index in [0.717, 1.165) is 22.3 Å². The van der Waals surface area contributed by atoms with Crippen LogP contribution in [0.3, 0.4) is 0 Å². The van der Waals surface area contributed by atoms with Gasteiger partial charge < -0.3 is 4.42 Å². The Morgan fingerprint density at radius 2 is 1.93 bits per heavy atom. The molecule has 0 radical (unpaired) electrons. The van der Waals surface area contributed by atoms with Crippen LogP contribution in [-0.2, 0) is 11.3 Å². The van der Waals surface area contributed by atoms with Crippen molar-refractivity contribution in [1.82, 2.24) is 20.0 Å². The van der Waals surface area contributed by atoms with Gasteiger partial charge in [-0.3, -0.25) is 4.79 Å². The predicted molar refractivity (Wildman–Crippen MR) is 108 cm³/mol. The third kappa shape index (κ3) is 3.20. The van der Waals surface area contributed by atoms with E-state index in [1.165, 1.54) is 10.6 Å². The first kappa shape index (κ1) is 17.4. The second-order valence-corrected chi connectivity index (χ2v) is 7.12. The van der Waals surface area contributed by atoms with Crippen LogP contribution < -0.4 is 0 Å². The Morgan fingerprint density at radius 3 is 2.72 bits per heavy atom. The third-order valence-corrected chi connectivity index (χ3v) is 5.13. The first-order valence-corrected chi connectivity index (χ1v) is 9.47. The Morgan fingerprint density at radius 1 is 1.10 bits per heavy atom. The number of rotatable bonds is 4. The van der Waals surface area contributed by atoms with Crippen molar-refractivity contribution in [3.63, 3.8) is 0 Å². The number of carbonyl (C=O) groups excluding carboxylic acids is 1. The Bertz CT molecular complexity index is 1190. The molecule has 0 bridgehead atoms. The maximum absolute atomic E-state index is 13.2. The predicted octanol–water partition coefficient (Wildman–Crippen LogP) is 3.71. The van der Waals surface area contributed by atoms with E-state index < -0.39 is 0 Å². The van der Waals surface area contributed by atoms with Gasteiger partial charge in [0.15, 0.2) is 0 Å². The molecule has 1 amide bonds. The summed E-state index contributed by atoms with van der Waals surface area (Å²) in [6, 6.07) is 19.2. The van der Waals surface area contributed by atoms with E-state index in [9.17, 15) is 4.79 Å². The van der Waals surface area contributed by atoms with Gasteiger partial charge in [0.25, 0.3) is 5.91 Å². The minimum Gasteiger partial charge on any atom is -0.467 e. The monoisotopic (exact) mass is 385 g/mol. The standard InChI is InChI=1S/C22H19N5O2/c1-15-8-10-16(11-9-15)18-13-20(21-7-4-12-29-21)27(24-18)22(28)14-26-19-6-3-2-5-17(19)23-25-26/h2-12,20H,13-14H2,1H3/t20-/m0/s1. The highest BCUT2D eigenvalue weighted by atomic mass is 16.3. The summed E-state index contributed by atoms with van der Waals surface area (Å²) < 4.78 is 7.21. The van der Waals surface area contributed by atoms with Crippen LogP contribution in [0, 0.1) is 6.92 Å². The van der Waals surface area contributed by atoms with Crippen LogP contribution in [0.4, 0.5) is 0 Å². The number of benzene rings is 2. The smallest absolute Gasteiger partial charge is 0.265 e. The van der Waals surface area contributed by atoms with Gasteiger partial charge in [-0.2, -0.15) is 5.10 Å². The van der Waals surface area contributed by atoms with E-state index >= 15 is 0 Å². The summed E-state index contributed by atoms with van der Waals surface area (Å²) in [7, 11) is 0. The zero-order valence-corrected chi connectivity index (χ0v) is 15.9. The molecule has 1 aliphatic rings. The molecule has 1 aliphatic heterocycles. The van der Waals surface area contributed by atoms with Crippen molar-refractivity contribution in [2.24, 2.45) is 5.10 Å². The second-order valence-electron chi connectivity index (χ2n) is 7.12. The number of furan rings is 1. The zero-order valence-electron chi connectivity index (χ0n) is 15.9. The van der Waals surface area contributed by atoms with Crippen molar-refractivity contribution in [2.75, 3.05) is 0 Å². The van der Waals surface area contributed by atoms with Crippen LogP contribution in [0.2, 0.25) is 0 Å². The molecule has 5 rings (SSSR count). The molecule has 0 N–H and O–H groups in total. The Hall–Kier alpha value is -3.74. The number of carbonyl (C=O) groups is 1. The molecule has 0 spiro atoms. The molecular weight excluding hydrogens is 366 g/mol. The van der Waals surface area contributed by atoms with Gasteiger partial charge in [-0.1, -0.05) is 47.2 Å². The van der Waals surface area contributed by atoms with Gasteiger partial charge in [-0.15, -0.1) is 5.10 Å². The second kappa shape index (κ2) is 7.01. The van der Waals surface area contributed by atoms with E-state index in [0.29, 0.717) is 12.2 Å². The quantitative estimate of drug-likeness (QED) is 0.537. The van der Waals surface area contributed by atoms with Crippen molar-refractivity contribution in [3.05, 3.63) is 83.8 Å². The average molecular weight is 385 g/mol. The van der Waals surface area contributed by atoms with Gasteiger partial charge in [-0.25, -0.2) is 9.69 Å². The van der Waals surface area contributed by atoms with Gasteiger partial charge in [0, 0.05) is 6.42 Å². The minimum atomic E-state index is -0.274. The molecule has 0 saturated heterocycles. The largest absolute Gasteiger partial charge is 0.467 e. The number of hydrogen-bond acceptors (Lipinski definition) is 5. The van der Waals surface area contributed by atoms with Gasteiger partial charge in [0.2, 0.25) is 0 Å². The molecule has 0 aliphatic carbocycles. The number of para-hydroxylation sites is 1. The SMILES string of the molecule is Cc1ccc(C2=NN(C(=O)Cn3nnc4ccccc43)[C@H](c3ccco3)C2)cc1. The summed E-state index contributed by atoms with van der Waals surface area (Å²) in [6.45, 7) is 2.10. The molecule has 2 aromatic heterocycles. The molecule has 29 heavy (non-hydrogen) atoms. The summed E-state index contributed by atoms with van der Waals surface area (Å²) in [5.41, 5.74) is 4.63. The molecule has 144 valence electrons. The Balaban J connectivity index is 1.47. The van der Waals surface area contributed by atoms with Crippen molar-refractivity contribution in [2.45, 2.75) is 25.9 Å². The van der Waals surface area contributed by atoms with E-state index in [-0.39, 0.29) is 18.5 Å². The fourth-order valence-electron chi connectivity index (χ4n) is 3.60. The van der Waals surface area contributed by atoms with Gasteiger partial charge in [0.05, 0.1) is 17.5 Å². The average Bonchev–Trinajstić information content (AvgIpc) is 3.48.